The lowest BCUT2D eigenvalue weighted by Gasteiger charge is -2.29. The fraction of sp³-hybridized carbons (Fsp3) is 0.733. The van der Waals surface area contributed by atoms with Crippen molar-refractivity contribution in [3.8, 4) is 0 Å². The molecule has 1 aromatic rings. The van der Waals surface area contributed by atoms with Gasteiger partial charge in [0.1, 0.15) is 5.69 Å². The molecule has 2 heterocycles. The molecule has 0 radical (unpaired) electrons. The Morgan fingerprint density at radius 3 is 2.67 bits per heavy atom. The summed E-state index contributed by atoms with van der Waals surface area (Å²) < 4.78 is 25.1. The van der Waals surface area contributed by atoms with Crippen molar-refractivity contribution in [1.82, 2.24) is 15.1 Å². The smallest absolute Gasteiger partial charge is 0.279 e. The minimum absolute atomic E-state index is 0.0829. The molecule has 0 aromatic carbocycles. The molecule has 1 N–H and O–H groups in total. The van der Waals surface area contributed by atoms with Crippen LogP contribution in [0.5, 0.6) is 0 Å². The van der Waals surface area contributed by atoms with Crippen molar-refractivity contribution >= 4 is 5.91 Å². The van der Waals surface area contributed by atoms with Gasteiger partial charge >= 0.3 is 0 Å². The number of aromatic nitrogens is 2. The van der Waals surface area contributed by atoms with E-state index in [0.29, 0.717) is 19.0 Å². The van der Waals surface area contributed by atoms with Crippen LogP contribution in [0.3, 0.4) is 0 Å². The Hall–Kier alpha value is -1.46. The van der Waals surface area contributed by atoms with Crippen LogP contribution in [0.2, 0.25) is 0 Å². The van der Waals surface area contributed by atoms with E-state index in [1.165, 1.54) is 0 Å². The van der Waals surface area contributed by atoms with E-state index in [9.17, 15) is 13.6 Å². The van der Waals surface area contributed by atoms with Crippen molar-refractivity contribution in [2.75, 3.05) is 13.1 Å². The molecule has 1 aromatic heterocycles. The first-order valence-electron chi connectivity index (χ1n) is 7.42. The summed E-state index contributed by atoms with van der Waals surface area (Å²) in [6.45, 7) is 7.99. The Kier molecular flexibility index (Phi) is 4.64. The summed E-state index contributed by atoms with van der Waals surface area (Å²) in [4.78, 5) is 14.1. The summed E-state index contributed by atoms with van der Waals surface area (Å²) in [5, 5.41) is 5.94. The highest BCUT2D eigenvalue weighted by Gasteiger charge is 2.29. The van der Waals surface area contributed by atoms with Crippen molar-refractivity contribution in [1.29, 1.82) is 0 Å². The monoisotopic (exact) mass is 299 g/mol. The Morgan fingerprint density at radius 1 is 1.38 bits per heavy atom. The maximum absolute atomic E-state index is 12.5. The molecule has 4 nitrogen and oxygen atoms in total. The maximum Gasteiger partial charge on any atom is 0.279 e. The molecule has 118 valence electrons. The maximum atomic E-state index is 12.5. The van der Waals surface area contributed by atoms with Crippen LogP contribution < -0.4 is 0 Å². The molecular formula is C15H23F2N3O. The van der Waals surface area contributed by atoms with Crippen LogP contribution in [0, 0.1) is 11.3 Å². The summed E-state index contributed by atoms with van der Waals surface area (Å²) in [6, 6.07) is 1.15. The molecule has 1 unspecified atom stereocenters. The quantitative estimate of drug-likeness (QED) is 0.906. The molecule has 1 amide bonds. The number of carbonyl (C=O) groups excluding carboxylic acids is 1. The van der Waals surface area contributed by atoms with Crippen LogP contribution >= 0.6 is 0 Å². The Bertz CT molecular complexity index is 493. The minimum Gasteiger partial charge on any atom is -0.337 e. The zero-order valence-electron chi connectivity index (χ0n) is 12.8. The van der Waals surface area contributed by atoms with Gasteiger partial charge in [-0.15, -0.1) is 0 Å². The Labute approximate surface area is 123 Å². The fourth-order valence-corrected chi connectivity index (χ4v) is 2.89. The number of hydrogen-bond donors (Lipinski definition) is 1. The number of amides is 1. The van der Waals surface area contributed by atoms with Gasteiger partial charge in [-0.3, -0.25) is 9.89 Å². The number of likely N-dealkylation sites (tertiary alicyclic amines) is 1. The normalized spacial score (nSPS) is 20.7. The predicted octanol–water partition coefficient (Wildman–Crippen LogP) is 3.64. The Balaban J connectivity index is 2.03. The zero-order valence-corrected chi connectivity index (χ0v) is 12.8. The van der Waals surface area contributed by atoms with Crippen molar-refractivity contribution in [3.05, 3.63) is 17.5 Å². The first-order chi connectivity index (χ1) is 9.79. The van der Waals surface area contributed by atoms with Crippen molar-refractivity contribution in [2.45, 2.75) is 46.5 Å². The lowest BCUT2D eigenvalue weighted by molar-refractivity contribution is 0.0749. The number of aromatic amines is 1. The first kappa shape index (κ1) is 15.9. The van der Waals surface area contributed by atoms with E-state index in [-0.39, 0.29) is 22.7 Å². The standard InChI is InChI=1S/C15H23F2N3O/c1-15(2,3)10-5-4-7-20(8-6-10)14(21)12-9-11(13(16)17)18-19-12/h9-10,13H,4-8H2,1-3H3,(H,18,19). The summed E-state index contributed by atoms with van der Waals surface area (Å²) in [6.07, 6.45) is 0.352. The number of nitrogens with one attached hydrogen (secondary N) is 1. The minimum atomic E-state index is -2.63. The van der Waals surface area contributed by atoms with Crippen LogP contribution in [0.15, 0.2) is 6.07 Å². The molecule has 0 saturated carbocycles. The van der Waals surface area contributed by atoms with Crippen LogP contribution in [0.4, 0.5) is 8.78 Å². The molecule has 0 spiro atoms. The third kappa shape index (κ3) is 3.80. The van der Waals surface area contributed by atoms with E-state index in [4.69, 9.17) is 0 Å². The molecule has 1 atom stereocenters. The number of H-pyrrole nitrogens is 1. The number of hydrogen-bond acceptors (Lipinski definition) is 2. The second-order valence-corrected chi connectivity index (χ2v) is 6.80. The highest BCUT2D eigenvalue weighted by molar-refractivity contribution is 5.92. The van der Waals surface area contributed by atoms with E-state index in [2.05, 4.69) is 31.0 Å². The van der Waals surface area contributed by atoms with Gasteiger partial charge in [0.2, 0.25) is 0 Å². The second-order valence-electron chi connectivity index (χ2n) is 6.80. The van der Waals surface area contributed by atoms with E-state index in [0.717, 1.165) is 25.3 Å². The summed E-state index contributed by atoms with van der Waals surface area (Å²) in [5.74, 6) is 0.318. The van der Waals surface area contributed by atoms with E-state index in [1.54, 1.807) is 4.90 Å². The molecule has 1 aliphatic rings. The highest BCUT2D eigenvalue weighted by Crippen LogP contribution is 2.34. The molecule has 0 bridgehead atoms. The van der Waals surface area contributed by atoms with Crippen molar-refractivity contribution in [2.24, 2.45) is 11.3 Å². The zero-order chi connectivity index (χ0) is 15.6. The van der Waals surface area contributed by atoms with Crippen LogP contribution in [-0.4, -0.2) is 34.1 Å². The highest BCUT2D eigenvalue weighted by atomic mass is 19.3. The molecule has 2 rings (SSSR count). The fourth-order valence-electron chi connectivity index (χ4n) is 2.89. The van der Waals surface area contributed by atoms with Gasteiger partial charge in [-0.1, -0.05) is 20.8 Å². The number of nitrogens with zero attached hydrogens (tertiary/aromatic N) is 2. The topological polar surface area (TPSA) is 49.0 Å². The van der Waals surface area contributed by atoms with Crippen LogP contribution in [0.1, 0.15) is 62.6 Å². The molecule has 1 aliphatic heterocycles. The molecule has 6 heteroatoms. The SMILES string of the molecule is CC(C)(C)C1CCCN(C(=O)c2cc(C(F)F)[nH]n2)CC1. The van der Waals surface area contributed by atoms with Gasteiger partial charge in [0, 0.05) is 13.1 Å². The summed E-state index contributed by atoms with van der Waals surface area (Å²) in [7, 11) is 0. The van der Waals surface area contributed by atoms with E-state index >= 15 is 0 Å². The molecule has 1 saturated heterocycles. The third-order valence-corrected chi connectivity index (χ3v) is 4.29. The molecule has 21 heavy (non-hydrogen) atoms. The van der Waals surface area contributed by atoms with Gasteiger partial charge in [0.25, 0.3) is 12.3 Å². The van der Waals surface area contributed by atoms with Gasteiger partial charge < -0.3 is 4.90 Å². The van der Waals surface area contributed by atoms with Crippen LogP contribution in [-0.2, 0) is 0 Å². The van der Waals surface area contributed by atoms with Gasteiger partial charge in [0.15, 0.2) is 5.69 Å². The predicted molar refractivity (Wildman–Crippen MR) is 76.2 cm³/mol. The van der Waals surface area contributed by atoms with Crippen LogP contribution in [0.25, 0.3) is 0 Å². The lowest BCUT2D eigenvalue weighted by Crippen LogP contribution is -2.32. The van der Waals surface area contributed by atoms with Crippen molar-refractivity contribution in [3.63, 3.8) is 0 Å². The molecule has 0 aliphatic carbocycles. The second kappa shape index (κ2) is 6.12. The third-order valence-electron chi connectivity index (χ3n) is 4.29. The van der Waals surface area contributed by atoms with Gasteiger partial charge in [-0.2, -0.15) is 5.10 Å². The van der Waals surface area contributed by atoms with Gasteiger partial charge in [0.05, 0.1) is 0 Å². The molecular weight excluding hydrogens is 276 g/mol. The number of rotatable bonds is 2. The number of alkyl halides is 2. The first-order valence-corrected chi connectivity index (χ1v) is 7.42. The number of carbonyl (C=O) groups is 1. The van der Waals surface area contributed by atoms with E-state index in [1.807, 2.05) is 0 Å². The largest absolute Gasteiger partial charge is 0.337 e. The average Bonchev–Trinajstić information content (AvgIpc) is 2.74. The Morgan fingerprint density at radius 2 is 2.10 bits per heavy atom. The molecule has 1 fully saturated rings. The number of halogens is 2. The summed E-state index contributed by atoms with van der Waals surface area (Å²) >= 11 is 0. The summed E-state index contributed by atoms with van der Waals surface area (Å²) in [5.41, 5.74) is 0.00840. The lowest BCUT2D eigenvalue weighted by atomic mass is 9.77. The van der Waals surface area contributed by atoms with Gasteiger partial charge in [-0.25, -0.2) is 8.78 Å². The van der Waals surface area contributed by atoms with Gasteiger partial charge in [-0.05, 0) is 36.7 Å². The average molecular weight is 299 g/mol. The van der Waals surface area contributed by atoms with E-state index < -0.39 is 6.43 Å². The van der Waals surface area contributed by atoms with Crippen molar-refractivity contribution < 1.29 is 13.6 Å².